The maximum absolute atomic E-state index is 5.57. The van der Waals surface area contributed by atoms with E-state index in [4.69, 9.17) is 40.0 Å². The standard InChI is InChI=1S/C16H32O2.C11H21Cl.C11H21.C7H16O3.C4H8O.ClH.2Mg.2H/c1-4-7-8-9-10-11-12-13-14-15-16(17-5-2)18-6-3;1-2-3-4-5-6-7-8-9-10-11-12;1-3-5-7-9-11-10-8-6-4-2;1-4-8-7(9-5-2)10-6-3;1-2-4-5-3-1;;;;;/h7-8,16H,4-6,9-15H2,1-3H3;3-4H,2,5-11H2,1H3;6,8H,1,3-5,7,9-11H2,2H3;7H,4-6H2,1-3H3;1-4H2;1H;;;;/q;;-1;;;;2*+2;2*-1/p-1/b8-7+;4-3+;8-6+;;;;;;;. The van der Waals surface area contributed by atoms with Gasteiger partial charge < -0.3 is 50.6 Å². The van der Waals surface area contributed by atoms with Crippen LogP contribution in [0.2, 0.25) is 0 Å². The third-order valence-electron chi connectivity index (χ3n) is 8.33. The minimum absolute atomic E-state index is 0. The van der Waals surface area contributed by atoms with E-state index in [9.17, 15) is 0 Å². The molecule has 1 saturated heterocycles. The van der Waals surface area contributed by atoms with Crippen LogP contribution in [0.25, 0.3) is 0 Å². The summed E-state index contributed by atoms with van der Waals surface area (Å²) in [4.78, 5) is 0. The second-order valence-corrected chi connectivity index (χ2v) is 14.0. The van der Waals surface area contributed by atoms with E-state index in [0.29, 0.717) is 19.8 Å². The number of hydrogen-bond acceptors (Lipinski definition) is 6. The number of rotatable bonds is 34. The van der Waals surface area contributed by atoms with Gasteiger partial charge in [0.1, 0.15) is 0 Å². The van der Waals surface area contributed by atoms with E-state index in [1.54, 1.807) is 0 Å². The molecule has 0 aromatic carbocycles. The first-order valence-corrected chi connectivity index (χ1v) is 24.0. The van der Waals surface area contributed by atoms with Gasteiger partial charge in [-0.25, -0.2) is 0 Å². The average Bonchev–Trinajstić information content (AvgIpc) is 3.80. The molecule has 0 atom stereocenters. The largest absolute Gasteiger partial charge is 2.00 e. The maximum atomic E-state index is 5.57. The van der Waals surface area contributed by atoms with Crippen molar-refractivity contribution >= 4 is 57.7 Å². The molecule has 0 N–H and O–H groups in total. The molecule has 0 spiro atoms. The van der Waals surface area contributed by atoms with Crippen molar-refractivity contribution in [2.24, 2.45) is 0 Å². The fraction of sp³-hybridized carbons (Fsp3) is 0.857. The SMILES string of the molecule is C1CCOC1.CC/C=C/CCCCCCCC(OCC)OCC.CC/C=C/CCCCCCCCl.CCOC(OCC)OCC.[CH2-]CCCCCC/C=C/CC.[Cl-].[H-].[H-].[Mg+2].[Mg+2]. The summed E-state index contributed by atoms with van der Waals surface area (Å²) < 4.78 is 31.2. The van der Waals surface area contributed by atoms with Gasteiger partial charge >= 0.3 is 46.1 Å². The van der Waals surface area contributed by atoms with Crippen molar-refractivity contribution in [1.29, 1.82) is 0 Å². The quantitative estimate of drug-likeness (QED) is 0.0160. The Morgan fingerprint density at radius 2 is 0.831 bits per heavy atom. The molecule has 59 heavy (non-hydrogen) atoms. The third-order valence-corrected chi connectivity index (χ3v) is 8.60. The zero-order chi connectivity index (χ0) is 42.3. The van der Waals surface area contributed by atoms with Crippen molar-refractivity contribution in [3.05, 3.63) is 43.4 Å². The van der Waals surface area contributed by atoms with Crippen LogP contribution in [0.4, 0.5) is 0 Å². The van der Waals surface area contributed by atoms with Crippen molar-refractivity contribution in [2.75, 3.05) is 52.1 Å². The zero-order valence-corrected chi connectivity index (χ0v) is 44.9. The van der Waals surface area contributed by atoms with E-state index in [0.717, 1.165) is 51.6 Å². The van der Waals surface area contributed by atoms with Crippen LogP contribution in [0.15, 0.2) is 36.5 Å². The summed E-state index contributed by atoms with van der Waals surface area (Å²) in [5.74, 6) is 0.829. The molecule has 0 radical (unpaired) electrons. The fourth-order valence-corrected chi connectivity index (χ4v) is 5.48. The van der Waals surface area contributed by atoms with Crippen LogP contribution in [-0.4, -0.2) is 111 Å². The average molecular weight is 905 g/mol. The van der Waals surface area contributed by atoms with Gasteiger partial charge in [-0.3, -0.25) is 0 Å². The van der Waals surface area contributed by atoms with Gasteiger partial charge in [0.25, 0.3) is 6.48 Å². The molecule has 0 aromatic rings. The van der Waals surface area contributed by atoms with Gasteiger partial charge in [0.2, 0.25) is 0 Å². The van der Waals surface area contributed by atoms with Crippen LogP contribution in [0.3, 0.4) is 0 Å². The van der Waals surface area contributed by atoms with Crippen LogP contribution in [-0.2, 0) is 28.4 Å². The molecule has 1 heterocycles. The first-order valence-electron chi connectivity index (χ1n) is 23.5. The molecule has 0 amide bonds. The summed E-state index contributed by atoms with van der Waals surface area (Å²) in [7, 11) is 0. The normalized spacial score (nSPS) is 11.8. The fourth-order valence-electron chi connectivity index (χ4n) is 5.29. The van der Waals surface area contributed by atoms with Gasteiger partial charge in [0.15, 0.2) is 6.29 Å². The van der Waals surface area contributed by atoms with Crippen LogP contribution in [0.5, 0.6) is 0 Å². The molecule has 10 heteroatoms. The molecular formula is C49H100Cl2Mg2O6. The number of ether oxygens (including phenoxy) is 6. The Morgan fingerprint density at radius 1 is 0.492 bits per heavy atom. The van der Waals surface area contributed by atoms with E-state index in [2.05, 4.69) is 64.2 Å². The van der Waals surface area contributed by atoms with Gasteiger partial charge in [-0.1, -0.05) is 115 Å². The molecule has 0 aliphatic carbocycles. The van der Waals surface area contributed by atoms with Crippen LogP contribution in [0.1, 0.15) is 212 Å². The molecule has 0 aromatic heterocycles. The van der Waals surface area contributed by atoms with E-state index in [1.807, 2.05) is 34.6 Å². The summed E-state index contributed by atoms with van der Waals surface area (Å²) in [6, 6.07) is 0. The molecule has 1 fully saturated rings. The molecular weight excluding hydrogens is 804 g/mol. The molecule has 1 aliphatic heterocycles. The van der Waals surface area contributed by atoms with E-state index >= 15 is 0 Å². The first kappa shape index (κ1) is 74.4. The van der Waals surface area contributed by atoms with Crippen LogP contribution >= 0.6 is 11.6 Å². The smallest absolute Gasteiger partial charge is 1.00 e. The second kappa shape index (κ2) is 76.4. The van der Waals surface area contributed by atoms with Gasteiger partial charge in [0, 0.05) is 52.1 Å². The summed E-state index contributed by atoms with van der Waals surface area (Å²) in [5, 5.41) is 0. The van der Waals surface area contributed by atoms with Crippen molar-refractivity contribution in [3.63, 3.8) is 0 Å². The number of hydrogen-bond donors (Lipinski definition) is 0. The molecule has 6 nitrogen and oxygen atoms in total. The topological polar surface area (TPSA) is 55.4 Å². The van der Waals surface area contributed by atoms with Crippen molar-refractivity contribution in [3.8, 4) is 0 Å². The molecule has 0 saturated carbocycles. The number of allylic oxidation sites excluding steroid dienone is 6. The summed E-state index contributed by atoms with van der Waals surface area (Å²) in [5.41, 5.74) is 0. The van der Waals surface area contributed by atoms with Crippen LogP contribution in [0, 0.1) is 6.92 Å². The van der Waals surface area contributed by atoms with Gasteiger partial charge in [-0.15, -0.1) is 11.6 Å². The van der Waals surface area contributed by atoms with Crippen LogP contribution < -0.4 is 12.4 Å². The number of unbranched alkanes of at least 4 members (excludes halogenated alkanes) is 15. The number of alkyl halides is 1. The predicted octanol–water partition coefficient (Wildman–Crippen LogP) is 12.4. The van der Waals surface area contributed by atoms with E-state index in [-0.39, 0.29) is 67.7 Å². The van der Waals surface area contributed by atoms with Crippen molar-refractivity contribution in [2.45, 2.75) is 222 Å². The Hall–Kier alpha value is 1.09. The summed E-state index contributed by atoms with van der Waals surface area (Å²) in [6.07, 6.45) is 44.2. The monoisotopic (exact) mass is 903 g/mol. The number of halogens is 2. The van der Waals surface area contributed by atoms with Gasteiger partial charge in [0.05, 0.1) is 0 Å². The minimum atomic E-state index is -0.472. The van der Waals surface area contributed by atoms with E-state index < -0.39 is 6.48 Å². The Balaban J connectivity index is -0.0000000806. The van der Waals surface area contributed by atoms with Crippen molar-refractivity contribution in [1.82, 2.24) is 0 Å². The molecule has 1 aliphatic rings. The Morgan fingerprint density at radius 3 is 1.14 bits per heavy atom. The second-order valence-electron chi connectivity index (χ2n) is 13.6. The maximum Gasteiger partial charge on any atom is 2.00 e. The Bertz CT molecular complexity index is 715. The minimum Gasteiger partial charge on any atom is -1.00 e. The molecule has 350 valence electrons. The van der Waals surface area contributed by atoms with E-state index in [1.165, 1.54) is 135 Å². The molecule has 1 rings (SSSR count). The summed E-state index contributed by atoms with van der Waals surface area (Å²) in [6.45, 7) is 25.0. The molecule has 0 unspecified atom stereocenters. The Kier molecular flexibility index (Phi) is 96.4. The zero-order valence-electron chi connectivity index (χ0n) is 42.6. The predicted molar refractivity (Wildman–Crippen MR) is 262 cm³/mol. The Labute approximate surface area is 416 Å². The summed E-state index contributed by atoms with van der Waals surface area (Å²) >= 11 is 5.57. The molecule has 0 bridgehead atoms. The van der Waals surface area contributed by atoms with Gasteiger partial charge in [-0.05, 0) is 125 Å². The van der Waals surface area contributed by atoms with Gasteiger partial charge in [-0.2, -0.15) is 6.42 Å². The third kappa shape index (κ3) is 79.9. The van der Waals surface area contributed by atoms with Crippen molar-refractivity contribution < 1.29 is 43.7 Å². The first-order chi connectivity index (χ1) is 27.5.